The SMILES string of the molecule is O=C(Nc1ccc(C(F)(F)F)cc1F)C1CCCC(c2ccc(-c3ccc4ocnc4c3)cc2)C1. The molecule has 1 N–H and O–H groups in total. The van der Waals surface area contributed by atoms with Gasteiger partial charge in [0.05, 0.1) is 11.3 Å². The zero-order chi connectivity index (χ0) is 24.6. The minimum absolute atomic E-state index is 0.170. The number of rotatable bonds is 4. The molecule has 1 saturated carbocycles. The lowest BCUT2D eigenvalue weighted by molar-refractivity contribution is -0.137. The summed E-state index contributed by atoms with van der Waals surface area (Å²) in [5.41, 5.74) is 3.38. The fourth-order valence-electron chi connectivity index (χ4n) is 4.74. The number of nitrogens with zero attached hydrogens (tertiary/aromatic N) is 1. The van der Waals surface area contributed by atoms with Crippen molar-refractivity contribution in [2.24, 2.45) is 5.92 Å². The Morgan fingerprint density at radius 1 is 0.971 bits per heavy atom. The van der Waals surface area contributed by atoms with Crippen LogP contribution in [-0.4, -0.2) is 10.9 Å². The second-order valence-corrected chi connectivity index (χ2v) is 8.90. The molecule has 8 heteroatoms. The summed E-state index contributed by atoms with van der Waals surface area (Å²) in [6, 6.07) is 16.2. The highest BCUT2D eigenvalue weighted by Crippen LogP contribution is 2.38. The maximum absolute atomic E-state index is 14.2. The molecule has 0 bridgehead atoms. The van der Waals surface area contributed by atoms with E-state index >= 15 is 0 Å². The molecular weight excluding hydrogens is 460 g/mol. The number of nitrogens with one attached hydrogen (secondary N) is 1. The molecule has 1 aliphatic rings. The maximum Gasteiger partial charge on any atom is 0.416 e. The molecule has 1 fully saturated rings. The third-order valence-corrected chi connectivity index (χ3v) is 6.65. The summed E-state index contributed by atoms with van der Waals surface area (Å²) in [5.74, 6) is -1.64. The molecule has 3 aromatic carbocycles. The average Bonchev–Trinajstić information content (AvgIpc) is 3.33. The second-order valence-electron chi connectivity index (χ2n) is 8.90. The third kappa shape index (κ3) is 4.92. The number of halogens is 4. The Balaban J connectivity index is 1.26. The van der Waals surface area contributed by atoms with Crippen LogP contribution in [0, 0.1) is 11.7 Å². The number of oxazole rings is 1. The van der Waals surface area contributed by atoms with Crippen molar-refractivity contribution in [1.29, 1.82) is 0 Å². The second kappa shape index (κ2) is 9.17. The standard InChI is InChI=1S/C27H22F4N2O2/c28-22-14-21(27(29,30)31)9-10-23(22)33-26(34)20-3-1-2-18(12-20)16-4-6-17(7-5-16)19-8-11-25-24(13-19)32-15-35-25/h4-11,13-15,18,20H,1-3,12H2,(H,33,34). The highest BCUT2D eigenvalue weighted by atomic mass is 19.4. The maximum atomic E-state index is 14.2. The average molecular weight is 482 g/mol. The van der Waals surface area contributed by atoms with Crippen molar-refractivity contribution in [1.82, 2.24) is 4.98 Å². The highest BCUT2D eigenvalue weighted by Gasteiger charge is 2.32. The van der Waals surface area contributed by atoms with Gasteiger partial charge in [-0.1, -0.05) is 36.8 Å². The first-order valence-corrected chi connectivity index (χ1v) is 11.4. The van der Waals surface area contributed by atoms with Gasteiger partial charge in [-0.3, -0.25) is 4.79 Å². The van der Waals surface area contributed by atoms with Gasteiger partial charge in [-0.25, -0.2) is 9.37 Å². The molecule has 0 spiro atoms. The summed E-state index contributed by atoms with van der Waals surface area (Å²) >= 11 is 0. The van der Waals surface area contributed by atoms with Crippen LogP contribution in [0.4, 0.5) is 23.2 Å². The zero-order valence-electron chi connectivity index (χ0n) is 18.6. The van der Waals surface area contributed by atoms with Crippen molar-refractivity contribution in [3.63, 3.8) is 0 Å². The Morgan fingerprint density at radius 2 is 1.74 bits per heavy atom. The van der Waals surface area contributed by atoms with Crippen LogP contribution in [0.2, 0.25) is 0 Å². The molecule has 0 saturated heterocycles. The molecule has 5 rings (SSSR count). The van der Waals surface area contributed by atoms with E-state index in [2.05, 4.69) is 22.4 Å². The van der Waals surface area contributed by atoms with E-state index in [4.69, 9.17) is 4.42 Å². The Kier molecular flexibility index (Phi) is 6.05. The number of benzene rings is 3. The molecular formula is C27H22F4N2O2. The molecule has 1 aliphatic carbocycles. The predicted octanol–water partition coefficient (Wildman–Crippen LogP) is 7.57. The van der Waals surface area contributed by atoms with E-state index in [1.165, 1.54) is 6.39 Å². The van der Waals surface area contributed by atoms with Crippen LogP contribution in [0.3, 0.4) is 0 Å². The molecule has 2 unspecified atom stereocenters. The summed E-state index contributed by atoms with van der Waals surface area (Å²) in [7, 11) is 0. The van der Waals surface area contributed by atoms with Gasteiger partial charge in [0.2, 0.25) is 5.91 Å². The summed E-state index contributed by atoms with van der Waals surface area (Å²) in [5, 5.41) is 2.48. The molecule has 2 atom stereocenters. The van der Waals surface area contributed by atoms with E-state index in [9.17, 15) is 22.4 Å². The molecule has 0 radical (unpaired) electrons. The van der Waals surface area contributed by atoms with Crippen molar-refractivity contribution in [2.45, 2.75) is 37.8 Å². The lowest BCUT2D eigenvalue weighted by Crippen LogP contribution is -2.28. The molecule has 1 heterocycles. The number of anilines is 1. The summed E-state index contributed by atoms with van der Waals surface area (Å²) < 4.78 is 57.8. The van der Waals surface area contributed by atoms with Gasteiger partial charge in [-0.05, 0) is 72.2 Å². The van der Waals surface area contributed by atoms with Crippen molar-refractivity contribution < 1.29 is 26.8 Å². The fraction of sp³-hybridized carbons (Fsp3) is 0.259. The van der Waals surface area contributed by atoms with Gasteiger partial charge in [0.25, 0.3) is 0 Å². The van der Waals surface area contributed by atoms with Crippen molar-refractivity contribution >= 4 is 22.7 Å². The Labute approximate surface area is 199 Å². The van der Waals surface area contributed by atoms with Crippen LogP contribution >= 0.6 is 0 Å². The van der Waals surface area contributed by atoms with E-state index in [0.29, 0.717) is 18.9 Å². The van der Waals surface area contributed by atoms with Gasteiger partial charge >= 0.3 is 6.18 Å². The summed E-state index contributed by atoms with van der Waals surface area (Å²) in [4.78, 5) is 17.0. The van der Waals surface area contributed by atoms with Crippen LogP contribution in [0.1, 0.15) is 42.7 Å². The molecule has 1 amide bonds. The van der Waals surface area contributed by atoms with Crippen LogP contribution in [-0.2, 0) is 11.0 Å². The highest BCUT2D eigenvalue weighted by molar-refractivity contribution is 5.92. The number of carbonyl (C=O) groups is 1. The van der Waals surface area contributed by atoms with Gasteiger partial charge in [0, 0.05) is 5.92 Å². The Morgan fingerprint density at radius 3 is 2.49 bits per heavy atom. The number of fused-ring (bicyclic) bond motifs is 1. The molecule has 180 valence electrons. The molecule has 0 aliphatic heterocycles. The van der Waals surface area contributed by atoms with Crippen LogP contribution in [0.25, 0.3) is 22.2 Å². The van der Waals surface area contributed by atoms with Gasteiger partial charge in [0.15, 0.2) is 12.0 Å². The van der Waals surface area contributed by atoms with Crippen LogP contribution in [0.5, 0.6) is 0 Å². The Bertz CT molecular complexity index is 1360. The van der Waals surface area contributed by atoms with Crippen LogP contribution < -0.4 is 5.32 Å². The van der Waals surface area contributed by atoms with Gasteiger partial charge in [-0.15, -0.1) is 0 Å². The molecule has 4 aromatic rings. The van der Waals surface area contributed by atoms with Gasteiger partial charge in [0.1, 0.15) is 11.3 Å². The number of amides is 1. The van der Waals surface area contributed by atoms with Crippen molar-refractivity contribution in [3.05, 3.63) is 84.0 Å². The van der Waals surface area contributed by atoms with Crippen molar-refractivity contribution in [2.75, 3.05) is 5.32 Å². The molecule has 4 nitrogen and oxygen atoms in total. The fourth-order valence-corrected chi connectivity index (χ4v) is 4.74. The largest absolute Gasteiger partial charge is 0.443 e. The third-order valence-electron chi connectivity index (χ3n) is 6.65. The lowest BCUT2D eigenvalue weighted by atomic mass is 9.77. The number of aromatic nitrogens is 1. The quantitative estimate of drug-likeness (QED) is 0.305. The summed E-state index contributed by atoms with van der Waals surface area (Å²) in [6.07, 6.45) is -0.207. The van der Waals surface area contributed by atoms with E-state index in [1.54, 1.807) is 0 Å². The van der Waals surface area contributed by atoms with E-state index in [-0.39, 0.29) is 23.4 Å². The number of carbonyl (C=O) groups excluding carboxylic acids is 1. The van der Waals surface area contributed by atoms with Gasteiger partial charge < -0.3 is 9.73 Å². The summed E-state index contributed by atoms with van der Waals surface area (Å²) in [6.45, 7) is 0. The van der Waals surface area contributed by atoms with Crippen LogP contribution in [0.15, 0.2) is 71.5 Å². The van der Waals surface area contributed by atoms with E-state index < -0.39 is 17.6 Å². The smallest absolute Gasteiger partial charge is 0.416 e. The topological polar surface area (TPSA) is 55.1 Å². The monoisotopic (exact) mass is 482 g/mol. The Hall–Kier alpha value is -3.68. The number of alkyl halides is 3. The minimum atomic E-state index is -4.64. The van der Waals surface area contributed by atoms with Gasteiger partial charge in [-0.2, -0.15) is 13.2 Å². The molecule has 35 heavy (non-hydrogen) atoms. The first-order valence-electron chi connectivity index (χ1n) is 11.4. The predicted molar refractivity (Wildman–Crippen MR) is 124 cm³/mol. The van der Waals surface area contributed by atoms with E-state index in [1.807, 2.05) is 30.3 Å². The first kappa shape index (κ1) is 23.1. The zero-order valence-corrected chi connectivity index (χ0v) is 18.6. The first-order chi connectivity index (χ1) is 16.8. The van der Waals surface area contributed by atoms with E-state index in [0.717, 1.165) is 52.8 Å². The normalized spacial score (nSPS) is 18.5. The number of hydrogen-bond donors (Lipinski definition) is 1. The minimum Gasteiger partial charge on any atom is -0.443 e. The van der Waals surface area contributed by atoms with Crippen molar-refractivity contribution in [3.8, 4) is 11.1 Å². The lowest BCUT2D eigenvalue weighted by Gasteiger charge is -2.29. The molecule has 1 aromatic heterocycles. The number of hydrogen-bond acceptors (Lipinski definition) is 3.